The van der Waals surface area contributed by atoms with E-state index in [9.17, 15) is 0 Å². The van der Waals surface area contributed by atoms with E-state index >= 15 is 0 Å². The second-order valence-electron chi connectivity index (χ2n) is 2.60. The van der Waals surface area contributed by atoms with E-state index in [1.165, 1.54) is 0 Å². The summed E-state index contributed by atoms with van der Waals surface area (Å²) in [6.07, 6.45) is 0.698. The van der Waals surface area contributed by atoms with Crippen molar-refractivity contribution in [1.29, 1.82) is 0 Å². The third-order valence-electron chi connectivity index (χ3n) is 1.67. The van der Waals surface area contributed by atoms with Gasteiger partial charge in [0, 0.05) is 6.61 Å². The summed E-state index contributed by atoms with van der Waals surface area (Å²) in [6.45, 7) is 0.617. The van der Waals surface area contributed by atoms with Crippen LogP contribution in [0.3, 0.4) is 0 Å². The summed E-state index contributed by atoms with van der Waals surface area (Å²) in [4.78, 5) is 4.48. The molecule has 0 atom stereocenters. The molecule has 3 nitrogen and oxygen atoms in total. The molecule has 0 amide bonds. The minimum atomic E-state index is 0.187. The van der Waals surface area contributed by atoms with Crippen LogP contribution >= 0.6 is 0 Å². The standard InChI is InChI=1S/C9H13NO2/c10-12-7-9-3-1-8(2-4-9)5-6-11/h1-4,11H,5-7,10H2. The molecule has 66 valence electrons. The summed E-state index contributed by atoms with van der Waals surface area (Å²) < 4.78 is 0. The van der Waals surface area contributed by atoms with Gasteiger partial charge in [-0.05, 0) is 17.5 Å². The first-order valence-electron chi connectivity index (χ1n) is 3.87. The maximum atomic E-state index is 8.65. The molecule has 0 fully saturated rings. The molecular formula is C9H13NO2. The zero-order valence-corrected chi connectivity index (χ0v) is 6.86. The number of aliphatic hydroxyl groups is 1. The monoisotopic (exact) mass is 167 g/mol. The van der Waals surface area contributed by atoms with Gasteiger partial charge in [-0.2, -0.15) is 0 Å². The summed E-state index contributed by atoms with van der Waals surface area (Å²) >= 11 is 0. The van der Waals surface area contributed by atoms with Gasteiger partial charge in [-0.15, -0.1) is 0 Å². The van der Waals surface area contributed by atoms with Crippen LogP contribution in [-0.4, -0.2) is 11.7 Å². The van der Waals surface area contributed by atoms with E-state index in [0.29, 0.717) is 13.0 Å². The van der Waals surface area contributed by atoms with Crippen LogP contribution in [0.25, 0.3) is 0 Å². The van der Waals surface area contributed by atoms with Crippen molar-refractivity contribution in [2.75, 3.05) is 6.61 Å². The quantitative estimate of drug-likeness (QED) is 0.646. The minimum absolute atomic E-state index is 0.187. The largest absolute Gasteiger partial charge is 0.396 e. The molecule has 0 aliphatic heterocycles. The molecule has 1 aromatic rings. The molecule has 0 radical (unpaired) electrons. The van der Waals surface area contributed by atoms with E-state index in [0.717, 1.165) is 11.1 Å². The predicted octanol–water partition coefficient (Wildman–Crippen LogP) is 0.612. The fourth-order valence-electron chi connectivity index (χ4n) is 1.03. The van der Waals surface area contributed by atoms with Gasteiger partial charge in [0.05, 0.1) is 6.61 Å². The number of rotatable bonds is 4. The highest BCUT2D eigenvalue weighted by molar-refractivity contribution is 5.22. The highest BCUT2D eigenvalue weighted by Crippen LogP contribution is 2.05. The molecule has 0 heterocycles. The molecule has 0 bridgehead atoms. The van der Waals surface area contributed by atoms with Crippen LogP contribution in [0.2, 0.25) is 0 Å². The highest BCUT2D eigenvalue weighted by atomic mass is 16.6. The molecule has 0 spiro atoms. The van der Waals surface area contributed by atoms with Crippen LogP contribution in [0.1, 0.15) is 11.1 Å². The number of hydrogen-bond donors (Lipinski definition) is 2. The molecular weight excluding hydrogens is 154 g/mol. The lowest BCUT2D eigenvalue weighted by Crippen LogP contribution is -1.99. The summed E-state index contributed by atoms with van der Waals surface area (Å²) in [5.41, 5.74) is 2.16. The Morgan fingerprint density at radius 3 is 2.25 bits per heavy atom. The van der Waals surface area contributed by atoms with Crippen LogP contribution in [0.4, 0.5) is 0 Å². The first-order valence-corrected chi connectivity index (χ1v) is 3.87. The van der Waals surface area contributed by atoms with E-state index in [1.807, 2.05) is 24.3 Å². The normalized spacial score (nSPS) is 10.2. The van der Waals surface area contributed by atoms with Crippen LogP contribution in [0.5, 0.6) is 0 Å². The topological polar surface area (TPSA) is 55.5 Å². The van der Waals surface area contributed by atoms with Crippen molar-refractivity contribution in [2.24, 2.45) is 5.90 Å². The van der Waals surface area contributed by atoms with E-state index in [-0.39, 0.29) is 6.61 Å². The minimum Gasteiger partial charge on any atom is -0.396 e. The molecule has 12 heavy (non-hydrogen) atoms. The van der Waals surface area contributed by atoms with Gasteiger partial charge in [0.25, 0.3) is 0 Å². The smallest absolute Gasteiger partial charge is 0.0930 e. The maximum absolute atomic E-state index is 8.65. The average Bonchev–Trinajstić information content (AvgIpc) is 2.09. The number of nitrogens with two attached hydrogens (primary N) is 1. The Morgan fingerprint density at radius 2 is 1.75 bits per heavy atom. The first-order chi connectivity index (χ1) is 5.86. The van der Waals surface area contributed by atoms with Gasteiger partial charge in [0.2, 0.25) is 0 Å². The summed E-state index contributed by atoms with van der Waals surface area (Å²) in [5.74, 6) is 4.92. The Kier molecular flexibility index (Phi) is 3.73. The number of benzene rings is 1. The lowest BCUT2D eigenvalue weighted by Gasteiger charge is -2.00. The SMILES string of the molecule is NOCc1ccc(CCO)cc1. The van der Waals surface area contributed by atoms with E-state index in [1.54, 1.807) is 0 Å². The molecule has 1 aromatic carbocycles. The maximum Gasteiger partial charge on any atom is 0.0930 e. The molecule has 0 saturated heterocycles. The second-order valence-corrected chi connectivity index (χ2v) is 2.60. The lowest BCUT2D eigenvalue weighted by atomic mass is 10.1. The zero-order chi connectivity index (χ0) is 8.81. The van der Waals surface area contributed by atoms with Crippen LogP contribution in [0, 0.1) is 0 Å². The molecule has 3 N–H and O–H groups in total. The Bertz CT molecular complexity index is 195. The lowest BCUT2D eigenvalue weighted by molar-refractivity contribution is 0.124. The summed E-state index contributed by atoms with van der Waals surface area (Å²) in [7, 11) is 0. The molecule has 0 aromatic heterocycles. The fourth-order valence-corrected chi connectivity index (χ4v) is 1.03. The molecule has 1 rings (SSSR count). The van der Waals surface area contributed by atoms with Gasteiger partial charge in [0.15, 0.2) is 0 Å². The number of hydrogen-bond acceptors (Lipinski definition) is 3. The first kappa shape index (κ1) is 9.19. The highest BCUT2D eigenvalue weighted by Gasteiger charge is 1.93. The molecule has 0 unspecified atom stereocenters. The van der Waals surface area contributed by atoms with Crippen molar-refractivity contribution in [2.45, 2.75) is 13.0 Å². The van der Waals surface area contributed by atoms with Gasteiger partial charge in [0.1, 0.15) is 0 Å². The summed E-state index contributed by atoms with van der Waals surface area (Å²) in [5, 5.41) is 8.65. The summed E-state index contributed by atoms with van der Waals surface area (Å²) in [6, 6.07) is 7.81. The van der Waals surface area contributed by atoms with Gasteiger partial charge < -0.3 is 5.11 Å². The van der Waals surface area contributed by atoms with Gasteiger partial charge in [-0.25, -0.2) is 5.90 Å². The Morgan fingerprint density at radius 1 is 1.17 bits per heavy atom. The number of aliphatic hydroxyl groups excluding tert-OH is 1. The van der Waals surface area contributed by atoms with E-state index in [4.69, 9.17) is 11.0 Å². The van der Waals surface area contributed by atoms with Crippen molar-refractivity contribution in [1.82, 2.24) is 0 Å². The Labute approximate surface area is 71.7 Å². The molecule has 0 aliphatic rings. The van der Waals surface area contributed by atoms with Crippen LogP contribution in [-0.2, 0) is 17.9 Å². The van der Waals surface area contributed by atoms with Gasteiger partial charge in [-0.1, -0.05) is 24.3 Å². The van der Waals surface area contributed by atoms with E-state index in [2.05, 4.69) is 4.84 Å². The van der Waals surface area contributed by atoms with Crippen molar-refractivity contribution < 1.29 is 9.94 Å². The molecule has 3 heteroatoms. The van der Waals surface area contributed by atoms with Crippen molar-refractivity contribution >= 4 is 0 Å². The third-order valence-corrected chi connectivity index (χ3v) is 1.67. The van der Waals surface area contributed by atoms with Crippen LogP contribution in [0.15, 0.2) is 24.3 Å². The van der Waals surface area contributed by atoms with Crippen molar-refractivity contribution in [3.63, 3.8) is 0 Å². The Hall–Kier alpha value is -0.900. The van der Waals surface area contributed by atoms with Gasteiger partial charge >= 0.3 is 0 Å². The predicted molar refractivity (Wildman–Crippen MR) is 46.2 cm³/mol. The van der Waals surface area contributed by atoms with E-state index < -0.39 is 0 Å². The third kappa shape index (κ3) is 2.62. The van der Waals surface area contributed by atoms with Crippen molar-refractivity contribution in [3.05, 3.63) is 35.4 Å². The Balaban J connectivity index is 2.58. The van der Waals surface area contributed by atoms with Crippen LogP contribution < -0.4 is 5.90 Å². The fraction of sp³-hybridized carbons (Fsp3) is 0.333. The molecule has 0 aliphatic carbocycles. The van der Waals surface area contributed by atoms with Gasteiger partial charge in [-0.3, -0.25) is 4.84 Å². The zero-order valence-electron chi connectivity index (χ0n) is 6.86. The van der Waals surface area contributed by atoms with Crippen molar-refractivity contribution in [3.8, 4) is 0 Å². The molecule has 0 saturated carbocycles. The second kappa shape index (κ2) is 4.87. The average molecular weight is 167 g/mol.